The van der Waals surface area contributed by atoms with E-state index in [0.29, 0.717) is 35.7 Å². The average molecular weight is 388 g/mol. The number of rotatable bonds is 5. The van der Waals surface area contributed by atoms with Crippen LogP contribution in [0.3, 0.4) is 0 Å². The Kier molecular flexibility index (Phi) is 4.99. The van der Waals surface area contributed by atoms with Gasteiger partial charge in [-0.3, -0.25) is 14.6 Å². The summed E-state index contributed by atoms with van der Waals surface area (Å²) in [6.45, 7) is 2.21. The molecule has 0 saturated heterocycles. The summed E-state index contributed by atoms with van der Waals surface area (Å²) >= 11 is 0. The van der Waals surface area contributed by atoms with Gasteiger partial charge in [0.2, 0.25) is 5.91 Å². The lowest BCUT2D eigenvalue weighted by atomic mass is 9.97. The van der Waals surface area contributed by atoms with E-state index < -0.39 is 12.0 Å². The minimum atomic E-state index is -0.466. The zero-order chi connectivity index (χ0) is 20.4. The number of amides is 1. The van der Waals surface area contributed by atoms with Gasteiger partial charge in [0.15, 0.2) is 5.78 Å². The molecule has 1 aliphatic rings. The molecule has 0 aliphatic carbocycles. The van der Waals surface area contributed by atoms with Gasteiger partial charge in [-0.1, -0.05) is 12.1 Å². The van der Waals surface area contributed by atoms with E-state index in [1.165, 1.54) is 0 Å². The van der Waals surface area contributed by atoms with Gasteiger partial charge >= 0.3 is 0 Å². The summed E-state index contributed by atoms with van der Waals surface area (Å²) < 4.78 is 11.9. The molecular formula is C23H20N2O4. The van der Waals surface area contributed by atoms with E-state index in [4.69, 9.17) is 15.2 Å². The van der Waals surface area contributed by atoms with Crippen molar-refractivity contribution < 1.29 is 19.1 Å². The van der Waals surface area contributed by atoms with Crippen LogP contribution in [-0.2, 0) is 0 Å². The number of nitrogens with two attached hydrogens (primary N) is 1. The van der Waals surface area contributed by atoms with E-state index in [0.717, 1.165) is 16.7 Å². The van der Waals surface area contributed by atoms with E-state index in [1.807, 2.05) is 31.2 Å². The fourth-order valence-corrected chi connectivity index (χ4v) is 3.44. The lowest BCUT2D eigenvalue weighted by Crippen LogP contribution is -2.16. The molecule has 3 aromatic rings. The van der Waals surface area contributed by atoms with Crippen molar-refractivity contribution in [3.05, 3.63) is 88.7 Å². The monoisotopic (exact) mass is 388 g/mol. The van der Waals surface area contributed by atoms with Crippen molar-refractivity contribution in [1.29, 1.82) is 0 Å². The lowest BCUT2D eigenvalue weighted by molar-refractivity contribution is 0.0932. The van der Waals surface area contributed by atoms with Crippen LogP contribution >= 0.6 is 0 Å². The molecule has 1 amide bonds. The number of Topliss-reactive ketones (excluding diaryl/α,β-unsaturated/α-hetero) is 1. The fraction of sp³-hybridized carbons (Fsp3) is 0.174. The molecule has 6 nitrogen and oxygen atoms in total. The maximum Gasteiger partial charge on any atom is 0.248 e. The van der Waals surface area contributed by atoms with Crippen LogP contribution in [0.5, 0.6) is 11.5 Å². The van der Waals surface area contributed by atoms with Crippen molar-refractivity contribution in [2.24, 2.45) is 5.73 Å². The number of hydrogen-bond donors (Lipinski definition) is 1. The molecule has 1 aromatic heterocycles. The third kappa shape index (κ3) is 3.82. The Morgan fingerprint density at radius 2 is 1.90 bits per heavy atom. The molecule has 146 valence electrons. The molecule has 0 unspecified atom stereocenters. The van der Waals surface area contributed by atoms with Crippen LogP contribution in [0.2, 0.25) is 0 Å². The van der Waals surface area contributed by atoms with Gasteiger partial charge in [-0.05, 0) is 53.9 Å². The van der Waals surface area contributed by atoms with Gasteiger partial charge in [-0.25, -0.2) is 0 Å². The highest BCUT2D eigenvalue weighted by molar-refractivity contribution is 5.99. The lowest BCUT2D eigenvalue weighted by Gasteiger charge is -2.23. The second-order valence-electron chi connectivity index (χ2n) is 6.90. The van der Waals surface area contributed by atoms with Gasteiger partial charge in [0.1, 0.15) is 17.6 Å². The number of primary amides is 1. The number of fused-ring (bicyclic) bond motifs is 1. The van der Waals surface area contributed by atoms with Crippen molar-refractivity contribution in [3.8, 4) is 11.5 Å². The predicted molar refractivity (Wildman–Crippen MR) is 107 cm³/mol. The van der Waals surface area contributed by atoms with Gasteiger partial charge in [-0.15, -0.1) is 0 Å². The second kappa shape index (κ2) is 7.75. The third-order valence-corrected chi connectivity index (χ3v) is 4.92. The Morgan fingerprint density at radius 3 is 2.62 bits per heavy atom. The van der Waals surface area contributed by atoms with Crippen molar-refractivity contribution in [3.63, 3.8) is 0 Å². The largest absolute Gasteiger partial charge is 0.492 e. The quantitative estimate of drug-likeness (QED) is 0.721. The van der Waals surface area contributed by atoms with E-state index in [9.17, 15) is 9.59 Å². The molecule has 0 bridgehead atoms. The molecule has 1 aliphatic heterocycles. The summed E-state index contributed by atoms with van der Waals surface area (Å²) in [5.74, 6) is 0.720. The van der Waals surface area contributed by atoms with Gasteiger partial charge < -0.3 is 15.2 Å². The highest BCUT2D eigenvalue weighted by atomic mass is 16.5. The maximum absolute atomic E-state index is 12.0. The Labute approximate surface area is 168 Å². The van der Waals surface area contributed by atoms with Crippen molar-refractivity contribution >= 4 is 11.7 Å². The Hall–Kier alpha value is -3.67. The van der Waals surface area contributed by atoms with Gasteiger partial charge in [0, 0.05) is 30.4 Å². The molecule has 0 saturated carbocycles. The zero-order valence-electron chi connectivity index (χ0n) is 15.9. The first-order valence-electron chi connectivity index (χ1n) is 9.30. The number of carbonyl (C=O) groups is 2. The van der Waals surface area contributed by atoms with Gasteiger partial charge in [-0.2, -0.15) is 0 Å². The summed E-state index contributed by atoms with van der Waals surface area (Å²) in [6.07, 6.45) is 3.35. The number of nitrogens with zero attached hydrogens (tertiary/aromatic N) is 1. The van der Waals surface area contributed by atoms with Gasteiger partial charge in [0.25, 0.3) is 0 Å². The van der Waals surface area contributed by atoms with Crippen LogP contribution in [0.25, 0.3) is 0 Å². The minimum Gasteiger partial charge on any atom is -0.492 e. The topological polar surface area (TPSA) is 91.5 Å². The van der Waals surface area contributed by atoms with E-state index in [1.54, 1.807) is 36.7 Å². The summed E-state index contributed by atoms with van der Waals surface area (Å²) in [5.41, 5.74) is 9.03. The Bertz CT molecular complexity index is 1080. The predicted octanol–water partition coefficient (Wildman–Crippen LogP) is 3.62. The molecule has 29 heavy (non-hydrogen) atoms. The minimum absolute atomic E-state index is 0.0705. The smallest absolute Gasteiger partial charge is 0.248 e. The summed E-state index contributed by atoms with van der Waals surface area (Å²) in [4.78, 5) is 27.7. The van der Waals surface area contributed by atoms with Gasteiger partial charge in [0.05, 0.1) is 12.2 Å². The molecule has 4 rings (SSSR count). The number of benzene rings is 2. The molecular weight excluding hydrogens is 368 g/mol. The molecule has 6 heteroatoms. The van der Waals surface area contributed by atoms with Crippen LogP contribution in [0.4, 0.5) is 0 Å². The number of ether oxygens (including phenoxy) is 2. The van der Waals surface area contributed by atoms with Crippen molar-refractivity contribution in [1.82, 2.24) is 4.98 Å². The maximum atomic E-state index is 12.0. The van der Waals surface area contributed by atoms with E-state index in [-0.39, 0.29) is 5.78 Å². The molecule has 2 aromatic carbocycles. The zero-order valence-corrected chi connectivity index (χ0v) is 15.9. The normalized spacial score (nSPS) is 13.9. The van der Waals surface area contributed by atoms with Crippen LogP contribution in [0.15, 0.2) is 60.9 Å². The van der Waals surface area contributed by atoms with Crippen LogP contribution in [0.1, 0.15) is 49.9 Å². The SMILES string of the molecule is Cc1cc([C@H](Oc2ccc3c(c2)OCCC3=O)c2ccncc2)ccc1C(N)=O. The molecule has 0 spiro atoms. The highest BCUT2D eigenvalue weighted by Crippen LogP contribution is 2.34. The molecule has 0 radical (unpaired) electrons. The van der Waals surface area contributed by atoms with Crippen LogP contribution < -0.4 is 15.2 Å². The molecule has 2 heterocycles. The molecule has 1 atom stereocenters. The van der Waals surface area contributed by atoms with E-state index in [2.05, 4.69) is 4.98 Å². The first kappa shape index (κ1) is 18.7. The third-order valence-electron chi connectivity index (χ3n) is 4.92. The standard InChI is InChI=1S/C23H20N2O4/c1-14-12-16(2-4-18(14)23(24)27)22(15-6-9-25-10-7-15)29-17-3-5-19-20(26)8-11-28-21(19)13-17/h2-7,9-10,12-13,22H,8,11H2,1H3,(H2,24,27)/t22-/m1/s1. The summed E-state index contributed by atoms with van der Waals surface area (Å²) in [6, 6.07) is 14.4. The summed E-state index contributed by atoms with van der Waals surface area (Å²) in [5, 5.41) is 0. The number of pyridine rings is 1. The second-order valence-corrected chi connectivity index (χ2v) is 6.90. The molecule has 2 N–H and O–H groups in total. The summed E-state index contributed by atoms with van der Waals surface area (Å²) in [7, 11) is 0. The average Bonchev–Trinajstić information content (AvgIpc) is 2.72. The van der Waals surface area contributed by atoms with Crippen LogP contribution in [0, 0.1) is 6.92 Å². The van der Waals surface area contributed by atoms with Crippen LogP contribution in [-0.4, -0.2) is 23.3 Å². The first-order chi connectivity index (χ1) is 14.0. The number of hydrogen-bond acceptors (Lipinski definition) is 5. The number of carbonyl (C=O) groups excluding carboxylic acids is 2. The molecule has 0 fully saturated rings. The van der Waals surface area contributed by atoms with E-state index >= 15 is 0 Å². The Balaban J connectivity index is 1.72. The number of ketones is 1. The van der Waals surface area contributed by atoms with Crippen molar-refractivity contribution in [2.75, 3.05) is 6.61 Å². The number of aryl methyl sites for hydroxylation is 1. The van der Waals surface area contributed by atoms with Crippen molar-refractivity contribution in [2.45, 2.75) is 19.4 Å². The highest BCUT2D eigenvalue weighted by Gasteiger charge is 2.22. The Morgan fingerprint density at radius 1 is 1.10 bits per heavy atom. The number of aromatic nitrogens is 1. The fourth-order valence-electron chi connectivity index (χ4n) is 3.44. The first-order valence-corrected chi connectivity index (χ1v) is 9.30.